The number of likely N-dealkylation sites (tertiary alicyclic amines) is 1. The molecule has 3 nitrogen and oxygen atoms in total. The quantitative estimate of drug-likeness (QED) is 0.756. The van der Waals surface area contributed by atoms with Crippen molar-refractivity contribution < 1.29 is 4.74 Å². The molecule has 0 aliphatic carbocycles. The van der Waals surface area contributed by atoms with Crippen molar-refractivity contribution in [2.75, 3.05) is 13.1 Å². The summed E-state index contributed by atoms with van der Waals surface area (Å²) in [5, 5.41) is 0. The Hall–Kier alpha value is -1.37. The highest BCUT2D eigenvalue weighted by Gasteiger charge is 2.36. The van der Waals surface area contributed by atoms with Gasteiger partial charge in [-0.05, 0) is 71.0 Å². The molecule has 2 atom stereocenters. The summed E-state index contributed by atoms with van der Waals surface area (Å²) in [6, 6.07) is 4.68. The SMILES string of the molecule is CC1(C)CCC[C@](C)(C#CCN2CCCC[C@@H]2c2cccnc2)O1. The molecule has 3 rings (SSSR count). The molecule has 2 saturated heterocycles. The Bertz CT molecular complexity index is 601. The molecule has 2 aliphatic heterocycles. The van der Waals surface area contributed by atoms with E-state index in [-0.39, 0.29) is 11.2 Å². The minimum Gasteiger partial charge on any atom is -0.357 e. The molecule has 1 aromatic rings. The van der Waals surface area contributed by atoms with E-state index in [9.17, 15) is 0 Å². The van der Waals surface area contributed by atoms with Crippen LogP contribution in [0.15, 0.2) is 24.5 Å². The molecule has 0 amide bonds. The highest BCUT2D eigenvalue weighted by molar-refractivity contribution is 5.18. The van der Waals surface area contributed by atoms with Crippen LogP contribution >= 0.6 is 0 Å². The third-order valence-electron chi connectivity index (χ3n) is 5.25. The molecule has 2 aliphatic rings. The van der Waals surface area contributed by atoms with Crippen LogP contribution in [0.5, 0.6) is 0 Å². The zero-order valence-electron chi connectivity index (χ0n) is 15.3. The fourth-order valence-corrected chi connectivity index (χ4v) is 4.11. The standard InChI is InChI=1S/C21H30N2O/c1-20(2)11-7-12-21(3,24-20)13-8-16-23-15-5-4-10-19(23)18-9-6-14-22-17-18/h6,9,14,17,19H,4-5,7,10-12,15-16H2,1-3H3/t19-,21-/m1/s1. The van der Waals surface area contributed by atoms with E-state index in [4.69, 9.17) is 4.74 Å². The van der Waals surface area contributed by atoms with Crippen LogP contribution in [-0.4, -0.2) is 34.2 Å². The number of hydrogen-bond donors (Lipinski definition) is 0. The van der Waals surface area contributed by atoms with Crippen LogP contribution < -0.4 is 0 Å². The number of aromatic nitrogens is 1. The van der Waals surface area contributed by atoms with E-state index >= 15 is 0 Å². The molecule has 3 heterocycles. The molecule has 0 spiro atoms. The van der Waals surface area contributed by atoms with E-state index in [2.05, 4.69) is 48.6 Å². The molecule has 1 aromatic heterocycles. The Labute approximate surface area is 146 Å². The van der Waals surface area contributed by atoms with Gasteiger partial charge in [0.1, 0.15) is 5.60 Å². The summed E-state index contributed by atoms with van der Waals surface area (Å²) < 4.78 is 6.26. The third-order valence-corrected chi connectivity index (χ3v) is 5.25. The monoisotopic (exact) mass is 326 g/mol. The predicted octanol–water partition coefficient (Wildman–Crippen LogP) is 4.35. The number of ether oxygens (including phenoxy) is 1. The first-order chi connectivity index (χ1) is 11.5. The number of rotatable bonds is 2. The second-order valence-corrected chi connectivity index (χ2v) is 8.02. The van der Waals surface area contributed by atoms with Crippen molar-refractivity contribution in [2.45, 2.75) is 76.5 Å². The molecular formula is C21H30N2O. The van der Waals surface area contributed by atoms with Gasteiger partial charge in [0.2, 0.25) is 0 Å². The fourth-order valence-electron chi connectivity index (χ4n) is 4.11. The first-order valence-electron chi connectivity index (χ1n) is 9.32. The van der Waals surface area contributed by atoms with Crippen molar-refractivity contribution in [1.29, 1.82) is 0 Å². The highest BCUT2D eigenvalue weighted by atomic mass is 16.5. The van der Waals surface area contributed by atoms with Crippen molar-refractivity contribution in [3.8, 4) is 11.8 Å². The molecule has 0 unspecified atom stereocenters. The zero-order chi connectivity index (χ0) is 17.0. The van der Waals surface area contributed by atoms with Crippen LogP contribution in [0.2, 0.25) is 0 Å². The van der Waals surface area contributed by atoms with E-state index in [0.29, 0.717) is 6.04 Å². The lowest BCUT2D eigenvalue weighted by Gasteiger charge is -2.40. The lowest BCUT2D eigenvalue weighted by atomic mass is 9.88. The van der Waals surface area contributed by atoms with E-state index in [0.717, 1.165) is 25.9 Å². The van der Waals surface area contributed by atoms with Gasteiger partial charge in [0, 0.05) is 18.4 Å². The topological polar surface area (TPSA) is 25.4 Å². The molecule has 0 bridgehead atoms. The Kier molecular flexibility index (Phi) is 5.27. The fraction of sp³-hybridized carbons (Fsp3) is 0.667. The van der Waals surface area contributed by atoms with Gasteiger partial charge in [-0.3, -0.25) is 9.88 Å². The van der Waals surface area contributed by atoms with Gasteiger partial charge in [-0.2, -0.15) is 0 Å². The number of nitrogens with zero attached hydrogens (tertiary/aromatic N) is 2. The van der Waals surface area contributed by atoms with Crippen LogP contribution in [0.3, 0.4) is 0 Å². The zero-order valence-corrected chi connectivity index (χ0v) is 15.3. The van der Waals surface area contributed by atoms with E-state index in [1.807, 2.05) is 18.5 Å². The summed E-state index contributed by atoms with van der Waals surface area (Å²) in [5.41, 5.74) is 0.979. The van der Waals surface area contributed by atoms with Gasteiger partial charge >= 0.3 is 0 Å². The van der Waals surface area contributed by atoms with Crippen molar-refractivity contribution in [3.63, 3.8) is 0 Å². The van der Waals surface area contributed by atoms with Crippen molar-refractivity contribution >= 4 is 0 Å². The van der Waals surface area contributed by atoms with Gasteiger partial charge in [0.15, 0.2) is 0 Å². The van der Waals surface area contributed by atoms with Crippen LogP contribution in [0.4, 0.5) is 0 Å². The largest absolute Gasteiger partial charge is 0.357 e. The predicted molar refractivity (Wildman–Crippen MR) is 97.6 cm³/mol. The lowest BCUT2D eigenvalue weighted by Crippen LogP contribution is -2.42. The third kappa shape index (κ3) is 4.37. The molecule has 3 heteroatoms. The Morgan fingerprint density at radius 2 is 2.12 bits per heavy atom. The lowest BCUT2D eigenvalue weighted by molar-refractivity contribution is -0.135. The average molecular weight is 326 g/mol. The molecule has 130 valence electrons. The summed E-state index contributed by atoms with van der Waals surface area (Å²) in [4.78, 5) is 6.80. The first-order valence-corrected chi connectivity index (χ1v) is 9.32. The second-order valence-electron chi connectivity index (χ2n) is 8.02. The number of hydrogen-bond acceptors (Lipinski definition) is 3. The second kappa shape index (κ2) is 7.25. The number of piperidine rings is 1. The van der Waals surface area contributed by atoms with Gasteiger partial charge in [0.05, 0.1) is 12.1 Å². The molecule has 0 aromatic carbocycles. The van der Waals surface area contributed by atoms with Gasteiger partial charge in [0.25, 0.3) is 0 Å². The molecule has 0 N–H and O–H groups in total. The van der Waals surface area contributed by atoms with Crippen molar-refractivity contribution in [3.05, 3.63) is 30.1 Å². The average Bonchev–Trinajstić information content (AvgIpc) is 2.55. The molecule has 0 saturated carbocycles. The first kappa shape index (κ1) is 17.5. The van der Waals surface area contributed by atoms with Crippen LogP contribution in [0.1, 0.15) is 70.9 Å². The van der Waals surface area contributed by atoms with Crippen molar-refractivity contribution in [2.24, 2.45) is 0 Å². The minimum atomic E-state index is -0.290. The maximum absolute atomic E-state index is 6.26. The summed E-state index contributed by atoms with van der Waals surface area (Å²) in [7, 11) is 0. The van der Waals surface area contributed by atoms with Crippen LogP contribution in [0.25, 0.3) is 0 Å². The normalized spacial score (nSPS) is 30.4. The van der Waals surface area contributed by atoms with Crippen LogP contribution in [0, 0.1) is 11.8 Å². The summed E-state index contributed by atoms with van der Waals surface area (Å²) in [6.45, 7) is 8.44. The van der Waals surface area contributed by atoms with Gasteiger partial charge in [-0.25, -0.2) is 0 Å². The van der Waals surface area contributed by atoms with Crippen molar-refractivity contribution in [1.82, 2.24) is 9.88 Å². The highest BCUT2D eigenvalue weighted by Crippen LogP contribution is 2.34. The van der Waals surface area contributed by atoms with Gasteiger partial charge < -0.3 is 4.74 Å². The van der Waals surface area contributed by atoms with Gasteiger partial charge in [-0.1, -0.05) is 24.3 Å². The van der Waals surface area contributed by atoms with E-state index in [1.165, 1.54) is 31.2 Å². The summed E-state index contributed by atoms with van der Waals surface area (Å²) in [5.74, 6) is 6.88. The van der Waals surface area contributed by atoms with Gasteiger partial charge in [-0.15, -0.1) is 0 Å². The smallest absolute Gasteiger partial charge is 0.126 e. The Balaban J connectivity index is 1.67. The van der Waals surface area contributed by atoms with Crippen LogP contribution in [-0.2, 0) is 4.74 Å². The Morgan fingerprint density at radius 1 is 1.25 bits per heavy atom. The maximum Gasteiger partial charge on any atom is 0.126 e. The molecule has 24 heavy (non-hydrogen) atoms. The maximum atomic E-state index is 6.26. The minimum absolute atomic E-state index is 0.0505. The number of pyridine rings is 1. The van der Waals surface area contributed by atoms with E-state index in [1.54, 1.807) is 0 Å². The molecular weight excluding hydrogens is 296 g/mol. The molecule has 0 radical (unpaired) electrons. The summed E-state index contributed by atoms with van der Waals surface area (Å²) in [6.07, 6.45) is 11.0. The van der Waals surface area contributed by atoms with E-state index < -0.39 is 0 Å². The molecule has 2 fully saturated rings. The summed E-state index contributed by atoms with van der Waals surface area (Å²) >= 11 is 0. The Morgan fingerprint density at radius 3 is 2.88 bits per heavy atom.